The fraction of sp³-hybridized carbons (Fsp3) is 0.486. The van der Waals surface area contributed by atoms with Gasteiger partial charge in [-0.15, -0.1) is 0 Å². The SMILES string of the molecule is C=C1CCC2CC(C3(C)CC(C=N)=C(Nc4ccc(Cc5ccc(C=O)cc5)cc4)CC3CC)CCC12C. The summed E-state index contributed by atoms with van der Waals surface area (Å²) in [5.41, 5.74) is 8.78. The van der Waals surface area contributed by atoms with Crippen molar-refractivity contribution in [3.8, 4) is 0 Å². The predicted molar refractivity (Wildman–Crippen MR) is 159 cm³/mol. The van der Waals surface area contributed by atoms with E-state index in [9.17, 15) is 4.79 Å². The molecule has 2 aromatic rings. The summed E-state index contributed by atoms with van der Waals surface area (Å²) < 4.78 is 0. The van der Waals surface area contributed by atoms with Crippen LogP contribution in [0, 0.1) is 34.0 Å². The maximum Gasteiger partial charge on any atom is 0.150 e. The predicted octanol–water partition coefficient (Wildman–Crippen LogP) is 9.00. The Bertz CT molecular complexity index is 1220. The normalized spacial score (nSPS) is 31.1. The van der Waals surface area contributed by atoms with Gasteiger partial charge >= 0.3 is 0 Å². The minimum Gasteiger partial charge on any atom is -0.359 e. The van der Waals surface area contributed by atoms with Gasteiger partial charge in [-0.2, -0.15) is 0 Å². The van der Waals surface area contributed by atoms with Crippen LogP contribution in [0.4, 0.5) is 5.69 Å². The first-order chi connectivity index (χ1) is 18.3. The summed E-state index contributed by atoms with van der Waals surface area (Å²) in [5, 5.41) is 12.0. The van der Waals surface area contributed by atoms with Crippen LogP contribution >= 0.6 is 0 Å². The van der Waals surface area contributed by atoms with E-state index in [2.05, 4.69) is 56.9 Å². The summed E-state index contributed by atoms with van der Waals surface area (Å²) >= 11 is 0. The zero-order valence-corrected chi connectivity index (χ0v) is 23.5. The Kier molecular flexibility index (Phi) is 7.49. The molecule has 0 aromatic heterocycles. The first-order valence-electron chi connectivity index (χ1n) is 14.6. The molecule has 3 aliphatic rings. The molecule has 2 fully saturated rings. The lowest BCUT2D eigenvalue weighted by Gasteiger charge is -2.52. The van der Waals surface area contributed by atoms with Crippen LogP contribution in [0.15, 0.2) is 72.0 Å². The van der Waals surface area contributed by atoms with E-state index in [4.69, 9.17) is 5.41 Å². The third-order valence-corrected chi connectivity index (χ3v) is 10.8. The molecule has 0 amide bonds. The van der Waals surface area contributed by atoms with Crippen molar-refractivity contribution >= 4 is 18.2 Å². The lowest BCUT2D eigenvalue weighted by Crippen LogP contribution is -2.44. The number of anilines is 1. The van der Waals surface area contributed by atoms with Gasteiger partial charge in [0, 0.05) is 23.2 Å². The maximum absolute atomic E-state index is 10.9. The monoisotopic (exact) mass is 508 g/mol. The van der Waals surface area contributed by atoms with E-state index >= 15 is 0 Å². The lowest BCUT2D eigenvalue weighted by molar-refractivity contribution is 0.00815. The molecule has 2 saturated carbocycles. The number of aldehydes is 1. The second-order valence-electron chi connectivity index (χ2n) is 12.7. The summed E-state index contributed by atoms with van der Waals surface area (Å²) in [6.45, 7) is 11.8. The fourth-order valence-electron chi connectivity index (χ4n) is 7.99. The largest absolute Gasteiger partial charge is 0.359 e. The molecule has 0 spiro atoms. The van der Waals surface area contributed by atoms with E-state index in [0.29, 0.717) is 16.9 Å². The summed E-state index contributed by atoms with van der Waals surface area (Å²) in [6, 6.07) is 16.5. The van der Waals surface area contributed by atoms with E-state index < -0.39 is 0 Å². The standard InChI is InChI=1S/C35H44N2O/c1-5-29-20-33(37-32-14-11-26(12-15-32)18-25-7-9-27(23-38)10-8-25)28(22-36)21-35(29,4)31-16-17-34(3)24(2)6-13-30(34)19-31/h7-12,14-15,22-23,29-31,36-37H,2,5-6,13,16-21H2,1,3-4H3. The van der Waals surface area contributed by atoms with Crippen LogP contribution in [0.25, 0.3) is 0 Å². The highest BCUT2D eigenvalue weighted by molar-refractivity contribution is 5.79. The molecule has 0 heterocycles. The molecule has 200 valence electrons. The van der Waals surface area contributed by atoms with Crippen molar-refractivity contribution in [1.29, 1.82) is 5.41 Å². The number of fused-ring (bicyclic) bond motifs is 1. The molecule has 2 aromatic carbocycles. The number of allylic oxidation sites excluding steroid dienone is 3. The van der Waals surface area contributed by atoms with Crippen LogP contribution in [-0.2, 0) is 6.42 Å². The molecule has 2 N–H and O–H groups in total. The van der Waals surface area contributed by atoms with Gasteiger partial charge in [-0.05, 0) is 109 Å². The van der Waals surface area contributed by atoms with Crippen LogP contribution in [0.1, 0.15) is 93.6 Å². The molecule has 0 bridgehead atoms. The topological polar surface area (TPSA) is 53.0 Å². The Hall–Kier alpha value is -2.94. The zero-order chi connectivity index (χ0) is 26.9. The Balaban J connectivity index is 1.30. The van der Waals surface area contributed by atoms with E-state index in [1.807, 2.05) is 24.3 Å². The lowest BCUT2D eigenvalue weighted by atomic mass is 9.52. The zero-order valence-electron chi connectivity index (χ0n) is 23.5. The van der Waals surface area contributed by atoms with Gasteiger partial charge in [0.2, 0.25) is 0 Å². The molecule has 5 atom stereocenters. The van der Waals surface area contributed by atoms with Crippen molar-refractivity contribution < 1.29 is 4.79 Å². The molecule has 3 heteroatoms. The number of carbonyl (C=O) groups is 1. The van der Waals surface area contributed by atoms with Gasteiger partial charge in [0.05, 0.1) is 0 Å². The molecule has 3 nitrogen and oxygen atoms in total. The second-order valence-corrected chi connectivity index (χ2v) is 12.7. The number of hydrogen-bond donors (Lipinski definition) is 2. The summed E-state index contributed by atoms with van der Waals surface area (Å²) in [5.74, 6) is 2.14. The third-order valence-electron chi connectivity index (χ3n) is 10.8. The molecule has 0 aliphatic heterocycles. The van der Waals surface area contributed by atoms with Gasteiger partial charge < -0.3 is 10.7 Å². The smallest absolute Gasteiger partial charge is 0.150 e. The van der Waals surface area contributed by atoms with Crippen molar-refractivity contribution in [2.45, 2.75) is 78.6 Å². The Morgan fingerprint density at radius 1 is 1.03 bits per heavy atom. The minimum atomic E-state index is 0.251. The van der Waals surface area contributed by atoms with Crippen molar-refractivity contribution in [3.63, 3.8) is 0 Å². The highest BCUT2D eigenvalue weighted by Crippen LogP contribution is 2.61. The summed E-state index contributed by atoms with van der Waals surface area (Å²) in [4.78, 5) is 10.9. The molecule has 0 radical (unpaired) electrons. The number of nitrogens with one attached hydrogen (secondary N) is 2. The van der Waals surface area contributed by atoms with Crippen molar-refractivity contribution in [2.75, 3.05) is 5.32 Å². The van der Waals surface area contributed by atoms with E-state index in [0.717, 1.165) is 43.1 Å². The highest BCUT2D eigenvalue weighted by atomic mass is 16.1. The average molecular weight is 509 g/mol. The van der Waals surface area contributed by atoms with Crippen LogP contribution < -0.4 is 5.32 Å². The Labute approximate surface area is 229 Å². The summed E-state index contributed by atoms with van der Waals surface area (Å²) in [6.07, 6.45) is 13.0. The molecule has 5 rings (SSSR count). The first kappa shape index (κ1) is 26.7. The van der Waals surface area contributed by atoms with Gasteiger partial charge in [-0.25, -0.2) is 0 Å². The number of hydrogen-bond acceptors (Lipinski definition) is 3. The number of benzene rings is 2. The van der Waals surface area contributed by atoms with Gasteiger partial charge in [-0.3, -0.25) is 4.79 Å². The Morgan fingerprint density at radius 3 is 2.34 bits per heavy atom. The molecule has 3 aliphatic carbocycles. The highest BCUT2D eigenvalue weighted by Gasteiger charge is 2.51. The van der Waals surface area contributed by atoms with Crippen molar-refractivity contribution in [2.24, 2.45) is 28.6 Å². The average Bonchev–Trinajstić information content (AvgIpc) is 3.24. The van der Waals surface area contributed by atoms with E-state index in [-0.39, 0.29) is 5.41 Å². The summed E-state index contributed by atoms with van der Waals surface area (Å²) in [7, 11) is 0. The molecule has 38 heavy (non-hydrogen) atoms. The molecule has 0 saturated heterocycles. The van der Waals surface area contributed by atoms with Gasteiger partial charge in [0.15, 0.2) is 0 Å². The minimum absolute atomic E-state index is 0.251. The molecular weight excluding hydrogens is 464 g/mol. The third kappa shape index (κ3) is 4.93. The quantitative estimate of drug-likeness (QED) is 0.212. The van der Waals surface area contributed by atoms with Gasteiger partial charge in [-0.1, -0.05) is 75.7 Å². The van der Waals surface area contributed by atoms with Crippen LogP contribution in [0.5, 0.6) is 0 Å². The van der Waals surface area contributed by atoms with Crippen LogP contribution in [0.2, 0.25) is 0 Å². The van der Waals surface area contributed by atoms with Crippen LogP contribution in [-0.4, -0.2) is 12.5 Å². The fourth-order valence-corrected chi connectivity index (χ4v) is 7.99. The Morgan fingerprint density at radius 2 is 1.71 bits per heavy atom. The second kappa shape index (κ2) is 10.7. The molecular formula is C35H44N2O. The van der Waals surface area contributed by atoms with Crippen molar-refractivity contribution in [1.82, 2.24) is 0 Å². The number of carbonyl (C=O) groups excluding carboxylic acids is 1. The maximum atomic E-state index is 10.9. The molecule has 5 unspecified atom stereocenters. The van der Waals surface area contributed by atoms with E-state index in [1.54, 1.807) is 6.21 Å². The first-order valence-corrected chi connectivity index (χ1v) is 14.6. The van der Waals surface area contributed by atoms with E-state index in [1.165, 1.54) is 66.5 Å². The van der Waals surface area contributed by atoms with Gasteiger partial charge in [0.25, 0.3) is 0 Å². The van der Waals surface area contributed by atoms with Gasteiger partial charge in [0.1, 0.15) is 6.29 Å². The van der Waals surface area contributed by atoms with Crippen LogP contribution in [0.3, 0.4) is 0 Å². The number of rotatable bonds is 8. The van der Waals surface area contributed by atoms with Crippen molar-refractivity contribution in [3.05, 3.63) is 88.6 Å².